The van der Waals surface area contributed by atoms with Crippen molar-refractivity contribution in [3.8, 4) is 0 Å². The molecule has 3 heterocycles. The minimum Gasteiger partial charge on any atom is -0.134 e. The molecular formula is C21H14N3+. The summed E-state index contributed by atoms with van der Waals surface area (Å²) in [5.41, 5.74) is 3.61. The third kappa shape index (κ3) is 1.35. The number of nitrogens with one attached hydrogen (secondary N) is 1. The van der Waals surface area contributed by atoms with Crippen LogP contribution in [0.15, 0.2) is 79.0 Å². The van der Waals surface area contributed by atoms with Gasteiger partial charge in [-0.25, -0.2) is 0 Å². The zero-order chi connectivity index (χ0) is 15.7. The lowest BCUT2D eigenvalue weighted by Crippen LogP contribution is -2.26. The number of hydrogen-bond donors (Lipinski definition) is 1. The van der Waals surface area contributed by atoms with Gasteiger partial charge < -0.3 is 0 Å². The van der Waals surface area contributed by atoms with Crippen molar-refractivity contribution in [2.75, 3.05) is 0 Å². The standard InChI is InChI=1S/C21H14N3/c1-2-10-19-15(7-1)16-12-11-14-6-5-8-17-18-9-3-4-13-23(18)22-24(19)21(16)20(14)17/h1-13,22H/q+1. The summed E-state index contributed by atoms with van der Waals surface area (Å²) in [6.07, 6.45) is 2.07. The van der Waals surface area contributed by atoms with E-state index in [1.165, 1.54) is 43.5 Å². The number of rotatable bonds is 0. The van der Waals surface area contributed by atoms with Gasteiger partial charge in [0.1, 0.15) is 6.20 Å². The molecule has 0 aliphatic rings. The third-order valence-corrected chi connectivity index (χ3v) is 5.02. The number of pyridine rings is 1. The molecule has 1 N–H and O–H groups in total. The smallest absolute Gasteiger partial charge is 0.134 e. The Kier molecular flexibility index (Phi) is 2.10. The van der Waals surface area contributed by atoms with Crippen LogP contribution in [0.5, 0.6) is 0 Å². The van der Waals surface area contributed by atoms with Crippen molar-refractivity contribution in [2.45, 2.75) is 0 Å². The molecule has 0 aliphatic heterocycles. The van der Waals surface area contributed by atoms with Crippen molar-refractivity contribution in [3.05, 3.63) is 79.0 Å². The number of H-pyrrole nitrogens is 1. The lowest BCUT2D eigenvalue weighted by molar-refractivity contribution is -0.586. The van der Waals surface area contributed by atoms with Crippen LogP contribution in [-0.2, 0) is 0 Å². The molecule has 3 nitrogen and oxygen atoms in total. The predicted octanol–water partition coefficient (Wildman–Crippen LogP) is 4.47. The van der Waals surface area contributed by atoms with Crippen molar-refractivity contribution >= 4 is 43.5 Å². The number of hydrogen-bond acceptors (Lipinski definition) is 0. The van der Waals surface area contributed by atoms with Crippen molar-refractivity contribution in [3.63, 3.8) is 0 Å². The summed E-state index contributed by atoms with van der Waals surface area (Å²) in [7, 11) is 0. The number of nitrogens with zero attached hydrogens (tertiary/aromatic N) is 2. The summed E-state index contributed by atoms with van der Waals surface area (Å²) < 4.78 is 4.31. The largest absolute Gasteiger partial charge is 0.170 e. The van der Waals surface area contributed by atoms with Gasteiger partial charge in [0.05, 0.1) is 0 Å². The highest BCUT2D eigenvalue weighted by Gasteiger charge is 2.19. The molecule has 0 saturated carbocycles. The minimum absolute atomic E-state index is 1.17. The van der Waals surface area contributed by atoms with Crippen LogP contribution in [0.25, 0.3) is 43.5 Å². The number of para-hydroxylation sites is 1. The molecule has 3 aromatic carbocycles. The van der Waals surface area contributed by atoms with E-state index in [2.05, 4.69) is 93.2 Å². The Morgan fingerprint density at radius 3 is 2.58 bits per heavy atom. The first kappa shape index (κ1) is 12.1. The van der Waals surface area contributed by atoms with Crippen LogP contribution < -0.4 is 4.52 Å². The Hall–Kier alpha value is -3.33. The zero-order valence-corrected chi connectivity index (χ0v) is 12.9. The monoisotopic (exact) mass is 308 g/mol. The molecule has 0 aliphatic carbocycles. The van der Waals surface area contributed by atoms with Gasteiger partial charge in [0.25, 0.3) is 0 Å². The van der Waals surface area contributed by atoms with Crippen LogP contribution in [0.4, 0.5) is 0 Å². The number of aromatic amines is 1. The Morgan fingerprint density at radius 1 is 0.708 bits per heavy atom. The van der Waals surface area contributed by atoms with E-state index in [-0.39, 0.29) is 0 Å². The molecule has 6 aromatic rings. The van der Waals surface area contributed by atoms with E-state index in [0.717, 1.165) is 0 Å². The van der Waals surface area contributed by atoms with Crippen LogP contribution in [-0.4, -0.2) is 9.73 Å². The molecule has 0 spiro atoms. The normalized spacial score (nSPS) is 12.2. The first-order valence-corrected chi connectivity index (χ1v) is 8.15. The van der Waals surface area contributed by atoms with Crippen molar-refractivity contribution in [1.82, 2.24) is 9.73 Å². The van der Waals surface area contributed by atoms with Crippen LogP contribution >= 0.6 is 0 Å². The van der Waals surface area contributed by atoms with E-state index in [0.29, 0.717) is 0 Å². The maximum absolute atomic E-state index is 3.57. The van der Waals surface area contributed by atoms with E-state index < -0.39 is 0 Å². The van der Waals surface area contributed by atoms with Gasteiger partial charge in [0.15, 0.2) is 16.6 Å². The van der Waals surface area contributed by atoms with Crippen LogP contribution in [0.3, 0.4) is 0 Å². The molecular weight excluding hydrogens is 294 g/mol. The molecule has 0 bridgehead atoms. The Bertz CT molecular complexity index is 1400. The molecule has 112 valence electrons. The second kappa shape index (κ2) is 4.15. The SMILES string of the molecule is c1ccc2c(c1)c1ccc3cccc4c3c1n2[nH][n+]1ccccc41. The van der Waals surface area contributed by atoms with Crippen LogP contribution in [0.2, 0.25) is 0 Å². The Labute approximate surface area is 137 Å². The van der Waals surface area contributed by atoms with Gasteiger partial charge in [-0.05, 0) is 41.8 Å². The second-order valence-corrected chi connectivity index (χ2v) is 6.27. The van der Waals surface area contributed by atoms with E-state index >= 15 is 0 Å². The molecule has 3 aromatic heterocycles. The molecule has 0 amide bonds. The summed E-state index contributed by atoms with van der Waals surface area (Å²) in [5, 5.41) is 9.96. The Balaban J connectivity index is 2.14. The number of aromatic nitrogens is 3. The fourth-order valence-electron chi connectivity index (χ4n) is 4.00. The number of benzene rings is 3. The lowest BCUT2D eigenvalue weighted by atomic mass is 10.0. The van der Waals surface area contributed by atoms with E-state index in [1.54, 1.807) is 0 Å². The average Bonchev–Trinajstić information content (AvgIpc) is 2.87. The van der Waals surface area contributed by atoms with E-state index in [1.807, 2.05) is 0 Å². The molecule has 0 saturated heterocycles. The van der Waals surface area contributed by atoms with E-state index in [9.17, 15) is 0 Å². The van der Waals surface area contributed by atoms with Crippen LogP contribution in [0, 0.1) is 0 Å². The maximum atomic E-state index is 3.57. The molecule has 24 heavy (non-hydrogen) atoms. The summed E-state index contributed by atoms with van der Waals surface area (Å²) in [5.74, 6) is 0. The van der Waals surface area contributed by atoms with Crippen LogP contribution in [0.1, 0.15) is 0 Å². The Morgan fingerprint density at radius 2 is 1.58 bits per heavy atom. The second-order valence-electron chi connectivity index (χ2n) is 6.27. The molecule has 6 rings (SSSR count). The predicted molar refractivity (Wildman–Crippen MR) is 97.4 cm³/mol. The maximum Gasteiger partial charge on any atom is 0.170 e. The van der Waals surface area contributed by atoms with E-state index in [4.69, 9.17) is 0 Å². The van der Waals surface area contributed by atoms with Gasteiger partial charge in [0.2, 0.25) is 0 Å². The summed E-state index contributed by atoms with van der Waals surface area (Å²) in [4.78, 5) is 0. The first-order valence-electron chi connectivity index (χ1n) is 8.15. The molecule has 0 atom stereocenters. The van der Waals surface area contributed by atoms with Crippen molar-refractivity contribution in [2.24, 2.45) is 0 Å². The third-order valence-electron chi connectivity index (χ3n) is 5.02. The first-order chi connectivity index (χ1) is 11.9. The lowest BCUT2D eigenvalue weighted by Gasteiger charge is -1.99. The van der Waals surface area contributed by atoms with Gasteiger partial charge in [-0.15, -0.1) is 9.03 Å². The number of fused-ring (bicyclic) bond motifs is 5. The van der Waals surface area contributed by atoms with Crippen molar-refractivity contribution in [1.29, 1.82) is 0 Å². The summed E-state index contributed by atoms with van der Waals surface area (Å²) >= 11 is 0. The quantitative estimate of drug-likeness (QED) is 0.401. The molecule has 0 fully saturated rings. The summed E-state index contributed by atoms with van der Waals surface area (Å²) in [6, 6.07) is 25.9. The van der Waals surface area contributed by atoms with Crippen molar-refractivity contribution < 1.29 is 4.52 Å². The minimum atomic E-state index is 1.17. The molecule has 0 radical (unpaired) electrons. The average molecular weight is 308 g/mol. The highest BCUT2D eigenvalue weighted by molar-refractivity contribution is 6.23. The topological polar surface area (TPSA) is 24.3 Å². The molecule has 3 heteroatoms. The zero-order valence-electron chi connectivity index (χ0n) is 12.9. The summed E-state index contributed by atoms with van der Waals surface area (Å²) in [6.45, 7) is 0. The highest BCUT2D eigenvalue weighted by atomic mass is 15.4. The van der Waals surface area contributed by atoms with Gasteiger partial charge in [-0.2, -0.15) is 0 Å². The van der Waals surface area contributed by atoms with Gasteiger partial charge >= 0.3 is 0 Å². The van der Waals surface area contributed by atoms with Gasteiger partial charge in [-0.3, -0.25) is 0 Å². The fourth-order valence-corrected chi connectivity index (χ4v) is 4.00. The highest BCUT2D eigenvalue weighted by Crippen LogP contribution is 2.35. The fraction of sp³-hybridized carbons (Fsp3) is 0. The van der Waals surface area contributed by atoms with Gasteiger partial charge in [0, 0.05) is 21.5 Å². The van der Waals surface area contributed by atoms with Gasteiger partial charge in [-0.1, -0.05) is 41.6 Å². The molecule has 0 unspecified atom stereocenters.